The number of hydrogen-bond donors (Lipinski definition) is 0. The summed E-state index contributed by atoms with van der Waals surface area (Å²) in [5.41, 5.74) is 1.13. The maximum Gasteiger partial charge on any atom is 0.195 e. The molecule has 6 heteroatoms. The van der Waals surface area contributed by atoms with Crippen molar-refractivity contribution in [2.24, 2.45) is 4.99 Å². The molecule has 0 aliphatic rings. The molecule has 0 radical (unpaired) electrons. The molecule has 21 heavy (non-hydrogen) atoms. The van der Waals surface area contributed by atoms with E-state index in [1.807, 2.05) is 62.3 Å². The zero-order valence-corrected chi connectivity index (χ0v) is 15.8. The Bertz CT molecular complexity index is 409. The molecule has 0 saturated heterocycles. The van der Waals surface area contributed by atoms with Gasteiger partial charge in [-0.05, 0) is 17.7 Å². The average molecular weight is 407 g/mol. The summed E-state index contributed by atoms with van der Waals surface area (Å²) >= 11 is 0. The van der Waals surface area contributed by atoms with Gasteiger partial charge < -0.3 is 19.3 Å². The van der Waals surface area contributed by atoms with Crippen LogP contribution in [0.15, 0.2) is 29.3 Å². The third-order valence-corrected chi connectivity index (χ3v) is 2.72. The summed E-state index contributed by atoms with van der Waals surface area (Å²) in [5.74, 6) is 1.80. The monoisotopic (exact) mass is 407 g/mol. The highest BCUT2D eigenvalue weighted by Gasteiger charge is 2.03. The molecule has 0 aromatic heterocycles. The summed E-state index contributed by atoms with van der Waals surface area (Å²) in [4.78, 5) is 8.48. The molecular weight excluding hydrogens is 381 g/mol. The van der Waals surface area contributed by atoms with Crippen molar-refractivity contribution in [2.45, 2.75) is 6.61 Å². The van der Waals surface area contributed by atoms with E-state index >= 15 is 0 Å². The van der Waals surface area contributed by atoms with Crippen molar-refractivity contribution < 1.29 is 9.47 Å². The van der Waals surface area contributed by atoms with E-state index in [9.17, 15) is 0 Å². The first-order valence-corrected chi connectivity index (χ1v) is 6.64. The van der Waals surface area contributed by atoms with E-state index in [0.717, 1.165) is 17.3 Å². The van der Waals surface area contributed by atoms with Crippen LogP contribution in [-0.4, -0.2) is 64.2 Å². The highest BCUT2D eigenvalue weighted by atomic mass is 127. The first-order valence-electron chi connectivity index (χ1n) is 6.64. The van der Waals surface area contributed by atoms with Gasteiger partial charge in [-0.1, -0.05) is 12.1 Å². The lowest BCUT2D eigenvalue weighted by molar-refractivity contribution is 0.128. The second-order valence-corrected chi connectivity index (χ2v) is 4.87. The van der Waals surface area contributed by atoms with E-state index in [1.165, 1.54) is 0 Å². The number of hydrogen-bond acceptors (Lipinski definition) is 3. The van der Waals surface area contributed by atoms with Crippen LogP contribution in [0.5, 0.6) is 5.75 Å². The lowest BCUT2D eigenvalue weighted by atomic mass is 10.2. The highest BCUT2D eigenvalue weighted by molar-refractivity contribution is 14.0. The van der Waals surface area contributed by atoms with Gasteiger partial charge in [-0.25, -0.2) is 0 Å². The van der Waals surface area contributed by atoms with E-state index in [2.05, 4.69) is 4.99 Å². The second-order valence-electron chi connectivity index (χ2n) is 4.87. The highest BCUT2D eigenvalue weighted by Crippen LogP contribution is 2.11. The van der Waals surface area contributed by atoms with E-state index < -0.39 is 0 Å². The van der Waals surface area contributed by atoms with Crippen LogP contribution < -0.4 is 4.74 Å². The third-order valence-electron chi connectivity index (χ3n) is 2.72. The minimum absolute atomic E-state index is 0. The molecule has 0 saturated carbocycles. The molecule has 120 valence electrons. The third kappa shape index (κ3) is 7.52. The van der Waals surface area contributed by atoms with Crippen LogP contribution >= 0.6 is 24.0 Å². The first-order chi connectivity index (χ1) is 9.54. The topological polar surface area (TPSA) is 37.3 Å². The predicted molar refractivity (Wildman–Crippen MR) is 97.7 cm³/mol. The maximum atomic E-state index is 5.62. The molecule has 0 heterocycles. The van der Waals surface area contributed by atoms with Gasteiger partial charge in [0.1, 0.15) is 5.75 Å². The van der Waals surface area contributed by atoms with Crippen LogP contribution in [0.3, 0.4) is 0 Å². The summed E-state index contributed by atoms with van der Waals surface area (Å²) in [6.45, 7) is 1.86. The van der Waals surface area contributed by atoms with Crippen LogP contribution in [0.2, 0.25) is 0 Å². The van der Waals surface area contributed by atoms with Gasteiger partial charge in [0.05, 0.1) is 26.9 Å². The van der Waals surface area contributed by atoms with Gasteiger partial charge in [-0.15, -0.1) is 24.0 Å². The molecule has 0 unspecified atom stereocenters. The molecule has 1 aromatic carbocycles. The molecule has 0 fully saturated rings. The fourth-order valence-corrected chi connectivity index (χ4v) is 1.80. The maximum absolute atomic E-state index is 5.62. The molecule has 0 amide bonds. The number of ether oxygens (including phenoxy) is 2. The Hall–Kier alpha value is -1.02. The number of benzene rings is 1. The van der Waals surface area contributed by atoms with E-state index in [4.69, 9.17) is 9.47 Å². The smallest absolute Gasteiger partial charge is 0.195 e. The number of methoxy groups -OCH3 is 1. The number of halogens is 1. The van der Waals surface area contributed by atoms with E-state index in [0.29, 0.717) is 19.8 Å². The van der Waals surface area contributed by atoms with Crippen LogP contribution in [-0.2, 0) is 11.3 Å². The molecule has 0 N–H and O–H groups in total. The Balaban J connectivity index is 0.00000400. The van der Waals surface area contributed by atoms with Gasteiger partial charge in [-0.2, -0.15) is 0 Å². The normalized spacial score (nSPS) is 9.57. The Morgan fingerprint density at radius 2 is 1.62 bits per heavy atom. The van der Waals surface area contributed by atoms with Crippen molar-refractivity contribution in [3.63, 3.8) is 0 Å². The van der Waals surface area contributed by atoms with Crippen molar-refractivity contribution in [1.29, 1.82) is 0 Å². The summed E-state index contributed by atoms with van der Waals surface area (Å²) in [5, 5.41) is 0. The summed E-state index contributed by atoms with van der Waals surface area (Å²) in [6.07, 6.45) is 0. The zero-order valence-electron chi connectivity index (χ0n) is 13.5. The van der Waals surface area contributed by atoms with Crippen molar-refractivity contribution in [1.82, 2.24) is 9.80 Å². The van der Waals surface area contributed by atoms with Gasteiger partial charge in [-0.3, -0.25) is 4.99 Å². The van der Waals surface area contributed by atoms with Gasteiger partial charge in [0, 0.05) is 28.2 Å². The lowest BCUT2D eigenvalue weighted by Gasteiger charge is -2.22. The molecule has 1 aromatic rings. The van der Waals surface area contributed by atoms with Crippen LogP contribution in [0.1, 0.15) is 5.56 Å². The van der Waals surface area contributed by atoms with E-state index in [-0.39, 0.29) is 24.0 Å². The Labute approximate surface area is 145 Å². The van der Waals surface area contributed by atoms with Crippen LogP contribution in [0.4, 0.5) is 0 Å². The number of nitrogens with zero attached hydrogens (tertiary/aromatic N) is 3. The molecule has 0 aliphatic heterocycles. The standard InChI is InChI=1S/C15H25N3O2.HI/c1-17(2)15(18(3)4)16-10-11-20-12-13-6-8-14(19-5)9-7-13;/h6-9H,10-12H2,1-5H3;1H. The van der Waals surface area contributed by atoms with Crippen LogP contribution in [0, 0.1) is 0 Å². The minimum atomic E-state index is 0. The van der Waals surface area contributed by atoms with Gasteiger partial charge in [0.25, 0.3) is 0 Å². The van der Waals surface area contributed by atoms with Crippen LogP contribution in [0.25, 0.3) is 0 Å². The summed E-state index contributed by atoms with van der Waals surface area (Å²) in [6, 6.07) is 7.89. The number of rotatable bonds is 6. The minimum Gasteiger partial charge on any atom is -0.497 e. The van der Waals surface area contributed by atoms with Gasteiger partial charge in [0.15, 0.2) is 5.96 Å². The fourth-order valence-electron chi connectivity index (χ4n) is 1.80. The average Bonchev–Trinajstić information content (AvgIpc) is 2.42. The van der Waals surface area contributed by atoms with Crippen molar-refractivity contribution in [3.05, 3.63) is 29.8 Å². The lowest BCUT2D eigenvalue weighted by Crippen LogP contribution is -2.35. The van der Waals surface area contributed by atoms with Gasteiger partial charge >= 0.3 is 0 Å². The molecule has 0 spiro atoms. The fraction of sp³-hybridized carbons (Fsp3) is 0.533. The Morgan fingerprint density at radius 1 is 1.05 bits per heavy atom. The Kier molecular flexibility index (Phi) is 10.2. The van der Waals surface area contributed by atoms with Crippen molar-refractivity contribution in [3.8, 4) is 5.75 Å². The summed E-state index contributed by atoms with van der Waals surface area (Å²) < 4.78 is 10.7. The quantitative estimate of drug-likeness (QED) is 0.314. The van der Waals surface area contributed by atoms with Crippen molar-refractivity contribution >= 4 is 29.9 Å². The zero-order chi connectivity index (χ0) is 15.0. The largest absolute Gasteiger partial charge is 0.497 e. The molecule has 5 nitrogen and oxygen atoms in total. The van der Waals surface area contributed by atoms with E-state index in [1.54, 1.807) is 7.11 Å². The Morgan fingerprint density at radius 3 is 2.10 bits per heavy atom. The van der Waals surface area contributed by atoms with Crippen molar-refractivity contribution in [2.75, 3.05) is 48.5 Å². The molecule has 0 bridgehead atoms. The van der Waals surface area contributed by atoms with Gasteiger partial charge in [0.2, 0.25) is 0 Å². The summed E-state index contributed by atoms with van der Waals surface area (Å²) in [7, 11) is 9.60. The second kappa shape index (κ2) is 10.7. The molecule has 0 atom stereocenters. The number of aliphatic imine (C=N–C) groups is 1. The first kappa shape index (κ1) is 20.0. The molecule has 0 aliphatic carbocycles. The predicted octanol–water partition coefficient (Wildman–Crippen LogP) is 2.31. The molecule has 1 rings (SSSR count). The SMILES string of the molecule is COc1ccc(COCCN=C(N(C)C)N(C)C)cc1.I. The number of guanidine groups is 1. The molecular formula is C15H26IN3O2.